The molecule has 0 spiro atoms. The number of halogens is 1. The van der Waals surface area contributed by atoms with Crippen LogP contribution in [0.5, 0.6) is 0 Å². The zero-order chi connectivity index (χ0) is 16.5. The Kier molecular flexibility index (Phi) is 11.4. The molecule has 0 saturated heterocycles. The molecule has 0 saturated carbocycles. The first-order valence-electron chi connectivity index (χ1n) is 7.17. The van der Waals surface area contributed by atoms with Crippen molar-refractivity contribution >= 4 is 22.6 Å². The van der Waals surface area contributed by atoms with Crippen LogP contribution in [0.15, 0.2) is 17.0 Å². The molecule has 0 fully saturated rings. The molecule has 1 atom stereocenters. The highest BCUT2D eigenvalue weighted by Gasteiger charge is 2.17. The van der Waals surface area contributed by atoms with Crippen molar-refractivity contribution < 1.29 is 4.21 Å². The maximum Gasteiger partial charge on any atom is 0.125 e. The molecule has 0 radical (unpaired) electrons. The summed E-state index contributed by atoms with van der Waals surface area (Å²) in [4.78, 5) is 0.755. The average molecular weight is 320 g/mol. The second-order valence-corrected chi connectivity index (χ2v) is 6.50. The number of benzene rings is 1. The summed E-state index contributed by atoms with van der Waals surface area (Å²) in [6.45, 7) is 17.8. The van der Waals surface area contributed by atoms with Crippen LogP contribution in [0.1, 0.15) is 59.6 Å². The van der Waals surface area contributed by atoms with Crippen molar-refractivity contribution in [3.05, 3.63) is 28.3 Å². The van der Waals surface area contributed by atoms with E-state index in [0.717, 1.165) is 16.0 Å². The molecule has 4 heteroatoms. The van der Waals surface area contributed by atoms with E-state index >= 15 is 0 Å². The molecule has 20 heavy (non-hydrogen) atoms. The molecule has 1 aromatic rings. The van der Waals surface area contributed by atoms with E-state index in [1.807, 2.05) is 74.4 Å². The lowest BCUT2D eigenvalue weighted by Gasteiger charge is -2.20. The summed E-state index contributed by atoms with van der Waals surface area (Å²) < 4.78 is 15.1. The molecule has 0 bridgehead atoms. The largest absolute Gasteiger partial charge is 0.237 e. The Morgan fingerprint density at radius 3 is 1.90 bits per heavy atom. The van der Waals surface area contributed by atoms with Crippen LogP contribution in [0.4, 0.5) is 0 Å². The monoisotopic (exact) mass is 319 g/mol. The van der Waals surface area contributed by atoms with Gasteiger partial charge in [-0.05, 0) is 51.8 Å². The third-order valence-corrected chi connectivity index (χ3v) is 4.35. The summed E-state index contributed by atoms with van der Waals surface area (Å²) in [6.07, 6.45) is 0. The lowest BCUT2D eigenvalue weighted by molar-refractivity contribution is 0.519. The summed E-state index contributed by atoms with van der Waals surface area (Å²) in [5.74, 6) is 0. The maximum atomic E-state index is 12.1. The van der Waals surface area contributed by atoms with Gasteiger partial charge in [0, 0.05) is 10.6 Å². The van der Waals surface area contributed by atoms with E-state index in [1.165, 1.54) is 0 Å². The highest BCUT2D eigenvalue weighted by atomic mass is 35.5. The van der Waals surface area contributed by atoms with Gasteiger partial charge in [-0.2, -0.15) is 0 Å². The predicted octanol–water partition coefficient (Wildman–Crippen LogP) is 5.42. The molecular formula is C16H30ClNOS. The van der Waals surface area contributed by atoms with Crippen molar-refractivity contribution in [2.24, 2.45) is 0 Å². The third kappa shape index (κ3) is 7.41. The molecule has 1 N–H and O–H groups in total. The zero-order valence-electron chi connectivity index (χ0n) is 14.3. The van der Waals surface area contributed by atoms with Gasteiger partial charge in [-0.15, -0.1) is 0 Å². The fourth-order valence-corrected chi connectivity index (χ4v) is 2.80. The smallest absolute Gasteiger partial charge is 0.125 e. The van der Waals surface area contributed by atoms with Crippen LogP contribution < -0.4 is 4.72 Å². The topological polar surface area (TPSA) is 29.1 Å². The second kappa shape index (κ2) is 10.4. The third-order valence-electron chi connectivity index (χ3n) is 2.13. The van der Waals surface area contributed by atoms with Crippen LogP contribution in [-0.4, -0.2) is 9.75 Å². The molecular weight excluding hydrogens is 290 g/mol. The average Bonchev–Trinajstić information content (AvgIpc) is 2.38. The summed E-state index contributed by atoms with van der Waals surface area (Å²) >= 11 is 6.14. The Hall–Kier alpha value is -0.380. The number of aryl methyl sites for hydroxylation is 1. The normalized spacial score (nSPS) is 11.7. The Labute approximate surface area is 132 Å². The van der Waals surface area contributed by atoms with Crippen LogP contribution in [-0.2, 0) is 11.0 Å². The van der Waals surface area contributed by atoms with E-state index in [9.17, 15) is 4.21 Å². The highest BCUT2D eigenvalue weighted by molar-refractivity contribution is 7.83. The molecule has 0 aliphatic rings. The fourth-order valence-electron chi connectivity index (χ4n) is 1.34. The van der Waals surface area contributed by atoms with Gasteiger partial charge in [-0.1, -0.05) is 45.4 Å². The zero-order valence-corrected chi connectivity index (χ0v) is 15.9. The molecule has 2 nitrogen and oxygen atoms in total. The molecule has 0 aliphatic carbocycles. The minimum absolute atomic E-state index is 0.186. The molecule has 1 rings (SSSR count). The molecule has 0 aliphatic heterocycles. The first-order valence-corrected chi connectivity index (χ1v) is 8.70. The van der Waals surface area contributed by atoms with Crippen molar-refractivity contribution in [3.63, 3.8) is 0 Å². The standard InChI is InChI=1S/C12H18ClNOS.2C2H6/c1-8-6-7-10(9(2)11(8)13)16(15)14-12(3,4)5;2*1-2/h6-7,14H,1-5H3;2*1-2H3. The van der Waals surface area contributed by atoms with Gasteiger partial charge in [0.1, 0.15) is 11.0 Å². The Morgan fingerprint density at radius 2 is 1.50 bits per heavy atom. The van der Waals surface area contributed by atoms with Gasteiger partial charge in [0.25, 0.3) is 0 Å². The number of rotatable bonds is 2. The highest BCUT2D eigenvalue weighted by Crippen LogP contribution is 2.25. The van der Waals surface area contributed by atoms with E-state index in [1.54, 1.807) is 0 Å². The Bertz CT molecular complexity index is 425. The van der Waals surface area contributed by atoms with Crippen LogP contribution in [0.2, 0.25) is 5.02 Å². The SMILES string of the molecule is CC.CC.Cc1ccc(S(=O)NC(C)(C)C)c(C)c1Cl. The second-order valence-electron chi connectivity index (χ2n) is 4.94. The van der Waals surface area contributed by atoms with E-state index < -0.39 is 11.0 Å². The molecule has 1 unspecified atom stereocenters. The first kappa shape index (κ1) is 21.9. The van der Waals surface area contributed by atoms with Crippen molar-refractivity contribution in [3.8, 4) is 0 Å². The van der Waals surface area contributed by atoms with Crippen molar-refractivity contribution in [2.75, 3.05) is 0 Å². The fraction of sp³-hybridized carbons (Fsp3) is 0.625. The maximum absolute atomic E-state index is 12.1. The minimum Gasteiger partial charge on any atom is -0.237 e. The van der Waals surface area contributed by atoms with E-state index in [2.05, 4.69) is 4.72 Å². The van der Waals surface area contributed by atoms with Gasteiger partial charge in [-0.25, -0.2) is 8.93 Å². The molecule has 118 valence electrons. The van der Waals surface area contributed by atoms with Crippen LogP contribution in [0.3, 0.4) is 0 Å². The van der Waals surface area contributed by atoms with E-state index in [4.69, 9.17) is 11.6 Å². The summed E-state index contributed by atoms with van der Waals surface area (Å²) in [7, 11) is -1.22. The van der Waals surface area contributed by atoms with Crippen LogP contribution in [0, 0.1) is 13.8 Å². The van der Waals surface area contributed by atoms with Crippen LogP contribution >= 0.6 is 11.6 Å². The van der Waals surface area contributed by atoms with Gasteiger partial charge >= 0.3 is 0 Å². The van der Waals surface area contributed by atoms with Crippen molar-refractivity contribution in [1.82, 2.24) is 4.72 Å². The molecule has 0 heterocycles. The van der Waals surface area contributed by atoms with Gasteiger partial charge in [0.2, 0.25) is 0 Å². The van der Waals surface area contributed by atoms with Gasteiger partial charge in [-0.3, -0.25) is 0 Å². The number of hydrogen-bond acceptors (Lipinski definition) is 1. The van der Waals surface area contributed by atoms with Crippen LogP contribution in [0.25, 0.3) is 0 Å². The van der Waals surface area contributed by atoms with E-state index in [-0.39, 0.29) is 5.54 Å². The molecule has 0 aromatic heterocycles. The summed E-state index contributed by atoms with van der Waals surface area (Å²) in [6, 6.07) is 3.76. The lowest BCUT2D eigenvalue weighted by Crippen LogP contribution is -2.37. The Morgan fingerprint density at radius 1 is 1.05 bits per heavy atom. The number of nitrogens with one attached hydrogen (secondary N) is 1. The van der Waals surface area contributed by atoms with Crippen molar-refractivity contribution in [2.45, 2.75) is 72.7 Å². The summed E-state index contributed by atoms with van der Waals surface area (Å²) in [5.41, 5.74) is 1.71. The lowest BCUT2D eigenvalue weighted by atomic mass is 10.1. The Balaban J connectivity index is 0. The summed E-state index contributed by atoms with van der Waals surface area (Å²) in [5, 5.41) is 0.696. The van der Waals surface area contributed by atoms with Gasteiger partial charge in [0.05, 0.1) is 4.90 Å². The predicted molar refractivity (Wildman–Crippen MR) is 92.9 cm³/mol. The van der Waals surface area contributed by atoms with Gasteiger partial charge < -0.3 is 0 Å². The minimum atomic E-state index is -1.22. The quantitative estimate of drug-likeness (QED) is 0.774. The first-order chi connectivity index (χ1) is 9.22. The van der Waals surface area contributed by atoms with Gasteiger partial charge in [0.15, 0.2) is 0 Å². The molecule has 0 amide bonds. The molecule has 1 aromatic carbocycles. The van der Waals surface area contributed by atoms with Crippen molar-refractivity contribution in [1.29, 1.82) is 0 Å². The van der Waals surface area contributed by atoms with E-state index in [0.29, 0.717) is 5.02 Å². The number of hydrogen-bond donors (Lipinski definition) is 1.